The third kappa shape index (κ3) is 4.02. The lowest BCUT2D eigenvalue weighted by Gasteiger charge is -2.18. The van der Waals surface area contributed by atoms with Crippen LogP contribution in [0.25, 0.3) is 11.1 Å². The minimum Gasteiger partial charge on any atom is -0.369 e. The number of guanidine groups is 1. The Balaban J connectivity index is 1.94. The third-order valence-corrected chi connectivity index (χ3v) is 6.15. The molecule has 4 rings (SSSR count). The average Bonchev–Trinajstić information content (AvgIpc) is 3.33. The fraction of sp³-hybridized carbons (Fsp3) is 0.263. The Morgan fingerprint density at radius 1 is 1.12 bits per heavy atom. The molecule has 0 bridgehead atoms. The lowest BCUT2D eigenvalue weighted by molar-refractivity contribution is -0.139. The van der Waals surface area contributed by atoms with Gasteiger partial charge in [0.2, 0.25) is 5.96 Å². The van der Waals surface area contributed by atoms with E-state index in [2.05, 4.69) is 20.3 Å². The maximum Gasteiger partial charge on any atom is 0.417 e. The number of nitrogens with zero attached hydrogens (tertiary/aromatic N) is 5. The summed E-state index contributed by atoms with van der Waals surface area (Å²) in [6.45, 7) is 0.755. The first kappa shape index (κ1) is 21.7. The molecule has 4 N–H and O–H groups in total. The van der Waals surface area contributed by atoms with Gasteiger partial charge in [-0.15, -0.1) is 10.2 Å². The normalized spacial score (nSPS) is 15.6. The monoisotopic (exact) mass is 465 g/mol. The molecule has 0 aromatic heterocycles. The quantitative estimate of drug-likeness (QED) is 0.527. The van der Waals surface area contributed by atoms with Crippen LogP contribution in [0.2, 0.25) is 0 Å². The zero-order chi connectivity index (χ0) is 23.3. The van der Waals surface area contributed by atoms with Crippen molar-refractivity contribution in [1.29, 1.82) is 0 Å². The zero-order valence-corrected chi connectivity index (χ0v) is 17.6. The van der Waals surface area contributed by atoms with E-state index < -0.39 is 26.5 Å². The Morgan fingerprint density at radius 3 is 2.44 bits per heavy atom. The van der Waals surface area contributed by atoms with Gasteiger partial charge >= 0.3 is 6.18 Å². The van der Waals surface area contributed by atoms with Crippen molar-refractivity contribution >= 4 is 21.6 Å². The zero-order valence-electron chi connectivity index (χ0n) is 16.8. The minimum atomic E-state index is -4.89. The van der Waals surface area contributed by atoms with Crippen molar-refractivity contribution in [2.24, 2.45) is 31.8 Å². The van der Waals surface area contributed by atoms with Crippen molar-refractivity contribution in [3.05, 3.63) is 52.6 Å². The van der Waals surface area contributed by atoms with Crippen molar-refractivity contribution < 1.29 is 21.6 Å². The number of azo groups is 1. The Labute approximate surface area is 181 Å². The lowest BCUT2D eigenvalue weighted by Crippen LogP contribution is -2.26. The van der Waals surface area contributed by atoms with Gasteiger partial charge in [0.15, 0.2) is 22.3 Å². The number of hydrogen-bond donors (Lipinski definition) is 2. The van der Waals surface area contributed by atoms with E-state index in [1.54, 1.807) is 23.2 Å². The summed E-state index contributed by atoms with van der Waals surface area (Å²) in [5.74, 6) is -0.250. The van der Waals surface area contributed by atoms with Crippen molar-refractivity contribution in [1.82, 2.24) is 5.01 Å². The number of benzene rings is 2. The van der Waals surface area contributed by atoms with Crippen LogP contribution >= 0.6 is 0 Å². The van der Waals surface area contributed by atoms with Crippen molar-refractivity contribution in [3.8, 4) is 11.1 Å². The number of hydrazone groups is 1. The fourth-order valence-corrected chi connectivity index (χ4v) is 4.94. The molecule has 0 unspecified atom stereocenters. The largest absolute Gasteiger partial charge is 0.417 e. The predicted octanol–water partition coefficient (Wildman–Crippen LogP) is 2.45. The number of alkyl halides is 3. The Morgan fingerprint density at radius 2 is 1.84 bits per heavy atom. The summed E-state index contributed by atoms with van der Waals surface area (Å²) in [6.07, 6.45) is -4.16. The first-order valence-electron chi connectivity index (χ1n) is 9.28. The van der Waals surface area contributed by atoms with Gasteiger partial charge in [0, 0.05) is 11.8 Å². The summed E-state index contributed by atoms with van der Waals surface area (Å²) in [7, 11) is -4.31. The van der Waals surface area contributed by atoms with Gasteiger partial charge in [-0.1, -0.05) is 18.2 Å². The molecular weight excluding hydrogens is 447 g/mol. The van der Waals surface area contributed by atoms with Gasteiger partial charge in [-0.2, -0.15) is 18.3 Å². The first-order valence-corrected chi connectivity index (χ1v) is 11.2. The minimum absolute atomic E-state index is 0.0914. The van der Waals surface area contributed by atoms with Crippen molar-refractivity contribution in [2.45, 2.75) is 24.2 Å². The van der Waals surface area contributed by atoms with Crippen molar-refractivity contribution in [3.63, 3.8) is 0 Å². The van der Waals surface area contributed by atoms with E-state index in [9.17, 15) is 21.6 Å². The van der Waals surface area contributed by atoms with E-state index in [1.165, 1.54) is 6.07 Å². The van der Waals surface area contributed by atoms with Crippen molar-refractivity contribution in [2.75, 3.05) is 12.9 Å². The number of amidine groups is 1. The fourth-order valence-electron chi connectivity index (χ4n) is 3.79. The molecule has 0 radical (unpaired) electrons. The van der Waals surface area contributed by atoms with E-state index in [-0.39, 0.29) is 29.6 Å². The molecule has 2 heterocycles. The lowest BCUT2D eigenvalue weighted by atomic mass is 9.94. The van der Waals surface area contributed by atoms with Gasteiger partial charge in [-0.3, -0.25) is 5.01 Å². The van der Waals surface area contributed by atoms with E-state index in [0.29, 0.717) is 18.7 Å². The number of nitrogens with two attached hydrogens (primary N) is 2. The molecule has 0 spiro atoms. The van der Waals surface area contributed by atoms with Crippen LogP contribution in [-0.4, -0.2) is 38.1 Å². The van der Waals surface area contributed by atoms with Gasteiger partial charge < -0.3 is 11.5 Å². The molecule has 0 atom stereocenters. The molecular formula is C19H18F3N7O2S. The summed E-state index contributed by atoms with van der Waals surface area (Å²) in [4.78, 5) is 3.13. The summed E-state index contributed by atoms with van der Waals surface area (Å²) in [6, 6.07) is 7.26. The SMILES string of the molecule is CS(=O)(=O)c1c(C(F)(F)F)ccc(-c2ccc3c(c2)CN(N=C(N)N)C3)c1C1=NCN=N1. The maximum absolute atomic E-state index is 13.7. The second-order valence-corrected chi connectivity index (χ2v) is 9.28. The molecule has 0 aliphatic carbocycles. The molecule has 2 aromatic carbocycles. The van der Waals surface area contributed by atoms with Crippen LogP contribution < -0.4 is 11.5 Å². The molecule has 32 heavy (non-hydrogen) atoms. The number of halogens is 3. The van der Waals surface area contributed by atoms with Gasteiger partial charge in [-0.25, -0.2) is 13.4 Å². The van der Waals surface area contributed by atoms with E-state index in [4.69, 9.17) is 11.5 Å². The molecule has 13 heteroatoms. The second kappa shape index (κ2) is 7.58. The molecule has 0 saturated heterocycles. The second-order valence-electron chi connectivity index (χ2n) is 7.33. The molecule has 2 aliphatic heterocycles. The molecule has 2 aliphatic rings. The van der Waals surface area contributed by atoms with E-state index in [1.807, 2.05) is 0 Å². The standard InChI is InChI=1S/C19H18F3N7O2S/c1-32(30,31)16-14(19(20,21)22)5-4-13(15(16)17-25-9-26-27-17)10-2-3-11-7-29(28-18(23)24)8-12(11)6-10/h2-6H,7-9H2,1H3,(H4,23,24,28). The highest BCUT2D eigenvalue weighted by atomic mass is 32.2. The highest BCUT2D eigenvalue weighted by Crippen LogP contribution is 2.41. The highest BCUT2D eigenvalue weighted by molar-refractivity contribution is 7.90. The Hall–Kier alpha value is -3.48. The summed E-state index contributed by atoms with van der Waals surface area (Å²) in [5, 5.41) is 13.1. The molecule has 168 valence electrons. The topological polar surface area (TPSA) is 139 Å². The van der Waals surface area contributed by atoms with Gasteiger partial charge in [0.25, 0.3) is 0 Å². The van der Waals surface area contributed by atoms with Gasteiger partial charge in [0.05, 0.1) is 23.5 Å². The number of sulfone groups is 1. The molecule has 0 saturated carbocycles. The number of aliphatic imine (C=N–C) groups is 1. The van der Waals surface area contributed by atoms with Gasteiger partial charge in [-0.05, 0) is 34.4 Å². The van der Waals surface area contributed by atoms with Crippen LogP contribution in [0.3, 0.4) is 0 Å². The molecule has 0 fully saturated rings. The molecule has 2 aromatic rings. The van der Waals surface area contributed by atoms with Crippen LogP contribution in [0, 0.1) is 0 Å². The van der Waals surface area contributed by atoms with E-state index in [0.717, 1.165) is 23.4 Å². The van der Waals surface area contributed by atoms with Crippen LogP contribution in [0.5, 0.6) is 0 Å². The smallest absolute Gasteiger partial charge is 0.369 e. The predicted molar refractivity (Wildman–Crippen MR) is 111 cm³/mol. The average molecular weight is 465 g/mol. The van der Waals surface area contributed by atoms with Crippen LogP contribution in [-0.2, 0) is 29.1 Å². The van der Waals surface area contributed by atoms with Gasteiger partial charge in [0.1, 0.15) is 0 Å². The summed E-state index contributed by atoms with van der Waals surface area (Å²) in [5.41, 5.74) is 11.9. The van der Waals surface area contributed by atoms with E-state index >= 15 is 0 Å². The molecule has 9 nitrogen and oxygen atoms in total. The molecule has 0 amide bonds. The summed E-state index contributed by atoms with van der Waals surface area (Å²) >= 11 is 0. The summed E-state index contributed by atoms with van der Waals surface area (Å²) < 4.78 is 66.2. The van der Waals surface area contributed by atoms with Crippen LogP contribution in [0.1, 0.15) is 22.3 Å². The highest BCUT2D eigenvalue weighted by Gasteiger charge is 2.39. The number of hydrogen-bond acceptors (Lipinski definition) is 7. The number of fused-ring (bicyclic) bond motifs is 1. The number of rotatable bonds is 4. The Bertz CT molecular complexity index is 1300. The maximum atomic E-state index is 13.7. The van der Waals surface area contributed by atoms with Crippen LogP contribution in [0.15, 0.2) is 55.5 Å². The van der Waals surface area contributed by atoms with Crippen LogP contribution in [0.4, 0.5) is 13.2 Å². The first-order chi connectivity index (χ1) is 14.9. The Kier molecular flexibility index (Phi) is 5.15. The third-order valence-electron chi connectivity index (χ3n) is 4.99.